The topological polar surface area (TPSA) is 153 Å². The van der Waals surface area contributed by atoms with Crippen LogP contribution in [0, 0.1) is 22.7 Å². The van der Waals surface area contributed by atoms with Gasteiger partial charge in [-0.05, 0) is 48.6 Å². The number of nitrogens with one attached hydrogen (secondary N) is 2. The number of rotatable bonds is 9. The van der Waals surface area contributed by atoms with Gasteiger partial charge in [-0.3, -0.25) is 19.2 Å². The Kier molecular flexibility index (Phi) is 7.46. The van der Waals surface area contributed by atoms with E-state index in [0.717, 1.165) is 31.2 Å². The number of carbonyl (C=O) groups is 4. The molecule has 6 rings (SSSR count). The van der Waals surface area contributed by atoms with Gasteiger partial charge in [0.25, 0.3) is 5.91 Å². The average Bonchev–Trinajstić information content (AvgIpc) is 3.90. The van der Waals surface area contributed by atoms with Crippen LogP contribution in [-0.2, 0) is 19.8 Å². The molecule has 1 aromatic heterocycles. The second kappa shape index (κ2) is 11.0. The molecule has 2 aliphatic heterocycles. The maximum absolute atomic E-state index is 14.4. The Morgan fingerprint density at radius 2 is 1.93 bits per heavy atom. The number of hydrogen-bond acceptors (Lipinski definition) is 7. The molecule has 2 aliphatic carbocycles. The van der Waals surface area contributed by atoms with Crippen molar-refractivity contribution in [1.29, 1.82) is 5.26 Å². The Labute approximate surface area is 257 Å². The maximum atomic E-state index is 14.4. The second-order valence-corrected chi connectivity index (χ2v) is 14.1. The van der Waals surface area contributed by atoms with Crippen molar-refractivity contribution in [2.24, 2.45) is 11.3 Å². The Hall–Kier alpha value is -4.27. The Morgan fingerprint density at radius 3 is 2.59 bits per heavy atom. The van der Waals surface area contributed by atoms with Gasteiger partial charge in [-0.1, -0.05) is 57.0 Å². The summed E-state index contributed by atoms with van der Waals surface area (Å²) in [5.74, 6) is -1.12. The zero-order valence-electron chi connectivity index (χ0n) is 25.7. The molecule has 12 heteroatoms. The normalized spacial score (nSPS) is 23.9. The van der Waals surface area contributed by atoms with Gasteiger partial charge < -0.3 is 20.4 Å². The molecule has 44 heavy (non-hydrogen) atoms. The first-order chi connectivity index (χ1) is 20.9. The van der Waals surface area contributed by atoms with Crippen LogP contribution in [0.15, 0.2) is 30.5 Å². The van der Waals surface area contributed by atoms with Crippen LogP contribution in [0.5, 0.6) is 0 Å². The monoisotopic (exact) mass is 600 g/mol. The van der Waals surface area contributed by atoms with Crippen LogP contribution in [0.4, 0.5) is 5.69 Å². The Morgan fingerprint density at radius 1 is 1.20 bits per heavy atom. The summed E-state index contributed by atoms with van der Waals surface area (Å²) in [5, 5.41) is 24.0. The lowest BCUT2D eigenvalue weighted by molar-refractivity contribution is -0.147. The average molecular weight is 601 g/mol. The zero-order valence-corrected chi connectivity index (χ0v) is 25.7. The van der Waals surface area contributed by atoms with E-state index in [-0.39, 0.29) is 47.8 Å². The maximum Gasteiger partial charge on any atom is 0.274 e. The molecule has 4 atom stereocenters. The minimum absolute atomic E-state index is 0.0501. The highest BCUT2D eigenvalue weighted by molar-refractivity contribution is 6.07. The fourth-order valence-electron chi connectivity index (χ4n) is 6.59. The summed E-state index contributed by atoms with van der Waals surface area (Å²) in [6.07, 6.45) is 6.56. The number of nitrogens with zero attached hydrogens (tertiary/aromatic N) is 6. The van der Waals surface area contributed by atoms with Crippen molar-refractivity contribution >= 4 is 29.3 Å². The first kappa shape index (κ1) is 29.8. The van der Waals surface area contributed by atoms with Crippen molar-refractivity contribution in [2.75, 3.05) is 18.9 Å². The van der Waals surface area contributed by atoms with E-state index in [1.807, 2.05) is 45.0 Å². The van der Waals surface area contributed by atoms with Crippen LogP contribution in [0.3, 0.4) is 0 Å². The number of para-hydroxylation sites is 1. The summed E-state index contributed by atoms with van der Waals surface area (Å²) in [5.41, 5.74) is 0.260. The highest BCUT2D eigenvalue weighted by Gasteiger charge is 2.57. The summed E-state index contributed by atoms with van der Waals surface area (Å²) >= 11 is 0. The molecule has 2 N–H and O–H groups in total. The van der Waals surface area contributed by atoms with E-state index in [2.05, 4.69) is 27.0 Å². The number of hydrogen-bond donors (Lipinski definition) is 2. The van der Waals surface area contributed by atoms with Gasteiger partial charge in [-0.25, -0.2) is 4.68 Å². The van der Waals surface area contributed by atoms with Crippen LogP contribution in [0.1, 0.15) is 87.8 Å². The number of nitriles is 1. The number of anilines is 1. The van der Waals surface area contributed by atoms with Gasteiger partial charge >= 0.3 is 0 Å². The number of likely N-dealkylation sites (N-methyl/N-ethyl adjacent to an activating group) is 1. The number of likely N-dealkylation sites (tertiary alicyclic amines) is 1. The minimum atomic E-state index is -1.03. The van der Waals surface area contributed by atoms with Crippen LogP contribution < -0.4 is 10.6 Å². The molecule has 1 aromatic carbocycles. The standard InChI is InChI=1S/C32H40N8O4/c1-31(2,3)15-26(29(43)39-18-32(14-21(39)16-33)22-7-5-6-8-23(22)35-30(32)44)38(4)28(42)24(13-19-9-10-19)34-27(41)25-17-40(37-36-25)20-11-12-20/h5-8,17,19-21,24,26H,9-15,18H2,1-4H3,(H,34,41)(H,35,44)/t21-,24?,26-,32-/m0/s1. The molecule has 4 aliphatic rings. The van der Waals surface area contributed by atoms with Gasteiger partial charge in [0.15, 0.2) is 5.69 Å². The van der Waals surface area contributed by atoms with Gasteiger partial charge in [0.2, 0.25) is 17.7 Å². The third-order valence-corrected chi connectivity index (χ3v) is 9.36. The van der Waals surface area contributed by atoms with E-state index < -0.39 is 29.4 Å². The fourth-order valence-corrected chi connectivity index (χ4v) is 6.59. The third kappa shape index (κ3) is 5.67. The van der Waals surface area contributed by atoms with E-state index in [9.17, 15) is 24.4 Å². The number of benzene rings is 1. The highest BCUT2D eigenvalue weighted by Crippen LogP contribution is 2.46. The predicted octanol–water partition coefficient (Wildman–Crippen LogP) is 2.79. The summed E-state index contributed by atoms with van der Waals surface area (Å²) in [7, 11) is 1.59. The molecule has 2 aromatic rings. The molecule has 0 bridgehead atoms. The van der Waals surface area contributed by atoms with E-state index >= 15 is 0 Å². The van der Waals surface area contributed by atoms with Crippen molar-refractivity contribution in [2.45, 2.75) is 95.3 Å². The van der Waals surface area contributed by atoms with E-state index in [4.69, 9.17) is 0 Å². The van der Waals surface area contributed by atoms with Crippen molar-refractivity contribution in [3.05, 3.63) is 41.7 Å². The van der Waals surface area contributed by atoms with E-state index in [1.54, 1.807) is 17.9 Å². The number of carbonyl (C=O) groups excluding carboxylic acids is 4. The predicted molar refractivity (Wildman–Crippen MR) is 160 cm³/mol. The molecule has 1 saturated heterocycles. The van der Waals surface area contributed by atoms with Gasteiger partial charge in [0.1, 0.15) is 18.1 Å². The minimum Gasteiger partial charge on any atom is -0.339 e. The molecule has 2 saturated carbocycles. The summed E-state index contributed by atoms with van der Waals surface area (Å²) < 4.78 is 1.69. The van der Waals surface area contributed by atoms with Crippen LogP contribution in [-0.4, -0.2) is 80.1 Å². The van der Waals surface area contributed by atoms with Crippen LogP contribution in [0.2, 0.25) is 0 Å². The third-order valence-electron chi connectivity index (χ3n) is 9.36. The summed E-state index contributed by atoms with van der Waals surface area (Å²) in [6.45, 7) is 6.03. The highest BCUT2D eigenvalue weighted by atomic mass is 16.2. The number of fused-ring (bicyclic) bond motifs is 2. The van der Waals surface area contributed by atoms with E-state index in [0.29, 0.717) is 24.4 Å². The first-order valence-electron chi connectivity index (χ1n) is 15.5. The van der Waals surface area contributed by atoms with Crippen LogP contribution in [0.25, 0.3) is 0 Å². The van der Waals surface area contributed by atoms with Gasteiger partial charge in [-0.15, -0.1) is 5.10 Å². The number of amides is 4. The zero-order chi connectivity index (χ0) is 31.4. The molecular weight excluding hydrogens is 560 g/mol. The SMILES string of the molecule is CN(C(=O)C(CC1CC1)NC(=O)c1cn(C2CC2)nn1)[C@@H](CC(C)(C)C)C(=O)N1C[C@]2(C[C@H]1C#N)C(=O)Nc1ccccc12. The Bertz CT molecular complexity index is 1530. The lowest BCUT2D eigenvalue weighted by Gasteiger charge is -2.37. The van der Waals surface area contributed by atoms with Gasteiger partial charge in [0.05, 0.1) is 23.7 Å². The molecule has 1 unspecified atom stereocenters. The second-order valence-electron chi connectivity index (χ2n) is 14.1. The van der Waals surface area contributed by atoms with Crippen LogP contribution >= 0.6 is 0 Å². The molecule has 3 fully saturated rings. The quantitative estimate of drug-likeness (QED) is 0.449. The lowest BCUT2D eigenvalue weighted by Crippen LogP contribution is -2.56. The van der Waals surface area contributed by atoms with Crippen molar-refractivity contribution in [1.82, 2.24) is 30.1 Å². The molecule has 12 nitrogen and oxygen atoms in total. The van der Waals surface area contributed by atoms with Gasteiger partial charge in [-0.2, -0.15) is 5.26 Å². The van der Waals surface area contributed by atoms with Crippen molar-refractivity contribution in [3.63, 3.8) is 0 Å². The number of aromatic nitrogens is 3. The lowest BCUT2D eigenvalue weighted by atomic mass is 9.80. The molecule has 0 radical (unpaired) electrons. The Balaban J connectivity index is 1.25. The van der Waals surface area contributed by atoms with Crippen molar-refractivity contribution in [3.8, 4) is 6.07 Å². The largest absolute Gasteiger partial charge is 0.339 e. The fraction of sp³-hybridized carbons (Fsp3) is 0.594. The smallest absolute Gasteiger partial charge is 0.274 e. The first-order valence-corrected chi connectivity index (χ1v) is 15.5. The van der Waals surface area contributed by atoms with Crippen molar-refractivity contribution < 1.29 is 19.2 Å². The summed E-state index contributed by atoms with van der Waals surface area (Å²) in [6, 6.07) is 7.32. The molecule has 1 spiro atoms. The van der Waals surface area contributed by atoms with E-state index in [1.165, 1.54) is 9.80 Å². The van der Waals surface area contributed by atoms with Gasteiger partial charge in [0, 0.05) is 25.7 Å². The molecule has 232 valence electrons. The molecule has 4 amide bonds. The summed E-state index contributed by atoms with van der Waals surface area (Å²) in [4.78, 5) is 58.0. The molecular formula is C32H40N8O4. The molecule has 3 heterocycles.